The third kappa shape index (κ3) is 7.01. The lowest BCUT2D eigenvalue weighted by molar-refractivity contribution is 0.125. The van der Waals surface area contributed by atoms with Crippen molar-refractivity contribution < 1.29 is 5.11 Å². The predicted octanol–water partition coefficient (Wildman–Crippen LogP) is 3.32. The van der Waals surface area contributed by atoms with Gasteiger partial charge in [0.2, 0.25) is 0 Å². The van der Waals surface area contributed by atoms with Crippen LogP contribution in [0.1, 0.15) is 38.2 Å². The molecule has 1 rings (SSSR count). The molecular weight excluding hydrogens is 325 g/mol. The highest BCUT2D eigenvalue weighted by Gasteiger charge is 2.02. The molecule has 0 bridgehead atoms. The van der Waals surface area contributed by atoms with E-state index in [4.69, 9.17) is 0 Å². The standard InChI is InChI=1S/C14H22INO/c1-2-3-11-16-14(17)6-4-5-12-7-9-13(15)10-8-12/h7-10,14,16-17H,2-6,11H2,1H3. The summed E-state index contributed by atoms with van der Waals surface area (Å²) >= 11 is 2.31. The molecule has 1 aromatic rings. The van der Waals surface area contributed by atoms with Crippen molar-refractivity contribution >= 4 is 22.6 Å². The summed E-state index contributed by atoms with van der Waals surface area (Å²) in [6.45, 7) is 3.08. The molecule has 1 unspecified atom stereocenters. The van der Waals surface area contributed by atoms with Gasteiger partial charge in [0, 0.05) is 3.57 Å². The van der Waals surface area contributed by atoms with E-state index in [-0.39, 0.29) is 6.23 Å². The van der Waals surface area contributed by atoms with Gasteiger partial charge in [0.1, 0.15) is 6.23 Å². The van der Waals surface area contributed by atoms with Crippen LogP contribution in [0.2, 0.25) is 0 Å². The van der Waals surface area contributed by atoms with Crippen LogP contribution < -0.4 is 5.32 Å². The topological polar surface area (TPSA) is 32.3 Å². The maximum atomic E-state index is 9.69. The van der Waals surface area contributed by atoms with E-state index in [0.29, 0.717) is 0 Å². The molecule has 0 fully saturated rings. The number of halogens is 1. The lowest BCUT2D eigenvalue weighted by Crippen LogP contribution is -2.29. The van der Waals surface area contributed by atoms with Crippen molar-refractivity contribution in [3.8, 4) is 0 Å². The molecular formula is C14H22INO. The van der Waals surface area contributed by atoms with Gasteiger partial charge in [-0.05, 0) is 72.5 Å². The van der Waals surface area contributed by atoms with Gasteiger partial charge in [0.05, 0.1) is 0 Å². The lowest BCUT2D eigenvalue weighted by atomic mass is 10.1. The summed E-state index contributed by atoms with van der Waals surface area (Å²) in [5, 5.41) is 12.8. The van der Waals surface area contributed by atoms with Crippen molar-refractivity contribution in [3.63, 3.8) is 0 Å². The molecule has 0 aromatic heterocycles. The predicted molar refractivity (Wildman–Crippen MR) is 81.0 cm³/mol. The molecule has 96 valence electrons. The van der Waals surface area contributed by atoms with Gasteiger partial charge in [-0.2, -0.15) is 0 Å². The van der Waals surface area contributed by atoms with Crippen molar-refractivity contribution in [2.24, 2.45) is 0 Å². The molecule has 0 spiro atoms. The molecule has 0 aliphatic carbocycles. The average molecular weight is 347 g/mol. The van der Waals surface area contributed by atoms with Gasteiger partial charge < -0.3 is 5.11 Å². The number of unbranched alkanes of at least 4 members (excludes halogenated alkanes) is 1. The molecule has 1 atom stereocenters. The highest BCUT2D eigenvalue weighted by atomic mass is 127. The van der Waals surface area contributed by atoms with E-state index < -0.39 is 0 Å². The second-order valence-electron chi connectivity index (χ2n) is 4.34. The van der Waals surface area contributed by atoms with Crippen LogP contribution >= 0.6 is 22.6 Å². The van der Waals surface area contributed by atoms with Crippen LogP contribution in [0, 0.1) is 3.57 Å². The van der Waals surface area contributed by atoms with E-state index in [9.17, 15) is 5.11 Å². The third-order valence-corrected chi connectivity index (χ3v) is 3.49. The van der Waals surface area contributed by atoms with Crippen molar-refractivity contribution in [1.29, 1.82) is 0 Å². The van der Waals surface area contributed by atoms with Gasteiger partial charge in [0.25, 0.3) is 0 Å². The van der Waals surface area contributed by atoms with Crippen LogP contribution in [0.4, 0.5) is 0 Å². The Morgan fingerprint density at radius 2 is 1.94 bits per heavy atom. The Bertz CT molecular complexity index is 300. The van der Waals surface area contributed by atoms with Crippen molar-refractivity contribution in [1.82, 2.24) is 5.32 Å². The smallest absolute Gasteiger partial charge is 0.104 e. The fourth-order valence-electron chi connectivity index (χ4n) is 1.70. The zero-order valence-corrected chi connectivity index (χ0v) is 12.6. The van der Waals surface area contributed by atoms with Crippen LogP contribution in [-0.2, 0) is 6.42 Å². The first-order valence-electron chi connectivity index (χ1n) is 6.38. The van der Waals surface area contributed by atoms with Gasteiger partial charge in [0.15, 0.2) is 0 Å². The molecule has 0 radical (unpaired) electrons. The minimum atomic E-state index is -0.342. The van der Waals surface area contributed by atoms with Gasteiger partial charge in [-0.1, -0.05) is 25.5 Å². The van der Waals surface area contributed by atoms with E-state index in [1.165, 1.54) is 15.6 Å². The molecule has 0 saturated carbocycles. The van der Waals surface area contributed by atoms with Crippen LogP contribution in [-0.4, -0.2) is 17.9 Å². The molecule has 1 aromatic carbocycles. The number of aliphatic hydroxyl groups is 1. The Kier molecular flexibility index (Phi) is 7.81. The molecule has 0 saturated heterocycles. The SMILES string of the molecule is CCCCNC(O)CCCc1ccc(I)cc1. The van der Waals surface area contributed by atoms with Crippen molar-refractivity contribution in [3.05, 3.63) is 33.4 Å². The van der Waals surface area contributed by atoms with Crippen LogP contribution in [0.25, 0.3) is 0 Å². The van der Waals surface area contributed by atoms with Gasteiger partial charge in [-0.25, -0.2) is 0 Å². The number of hydrogen-bond donors (Lipinski definition) is 2. The summed E-state index contributed by atoms with van der Waals surface area (Å²) in [5.74, 6) is 0. The number of aryl methyl sites for hydroxylation is 1. The Morgan fingerprint density at radius 1 is 1.24 bits per heavy atom. The molecule has 17 heavy (non-hydrogen) atoms. The number of benzene rings is 1. The zero-order chi connectivity index (χ0) is 12.5. The Balaban J connectivity index is 2.12. The van der Waals surface area contributed by atoms with E-state index >= 15 is 0 Å². The van der Waals surface area contributed by atoms with Gasteiger partial charge in [-0.15, -0.1) is 0 Å². The fourth-order valence-corrected chi connectivity index (χ4v) is 2.06. The Morgan fingerprint density at radius 3 is 2.59 bits per heavy atom. The van der Waals surface area contributed by atoms with Gasteiger partial charge >= 0.3 is 0 Å². The first kappa shape index (κ1) is 14.9. The normalized spacial score (nSPS) is 12.6. The Labute approximate surface area is 118 Å². The summed E-state index contributed by atoms with van der Waals surface area (Å²) in [6.07, 6.45) is 4.86. The minimum Gasteiger partial charge on any atom is -0.379 e. The van der Waals surface area contributed by atoms with Crippen LogP contribution in [0.3, 0.4) is 0 Å². The molecule has 2 N–H and O–H groups in total. The van der Waals surface area contributed by atoms with Gasteiger partial charge in [-0.3, -0.25) is 5.32 Å². The largest absolute Gasteiger partial charge is 0.379 e. The zero-order valence-electron chi connectivity index (χ0n) is 10.5. The molecule has 3 heteroatoms. The van der Waals surface area contributed by atoms with Crippen LogP contribution in [0.5, 0.6) is 0 Å². The monoisotopic (exact) mass is 347 g/mol. The summed E-state index contributed by atoms with van der Waals surface area (Å²) < 4.78 is 1.27. The summed E-state index contributed by atoms with van der Waals surface area (Å²) in [5.41, 5.74) is 1.35. The first-order chi connectivity index (χ1) is 8.22. The first-order valence-corrected chi connectivity index (χ1v) is 7.46. The molecule has 0 aliphatic heterocycles. The average Bonchev–Trinajstić information content (AvgIpc) is 2.32. The van der Waals surface area contributed by atoms with E-state index in [1.54, 1.807) is 0 Å². The minimum absolute atomic E-state index is 0.342. The van der Waals surface area contributed by atoms with E-state index in [2.05, 4.69) is 59.1 Å². The van der Waals surface area contributed by atoms with Crippen LogP contribution in [0.15, 0.2) is 24.3 Å². The second-order valence-corrected chi connectivity index (χ2v) is 5.59. The lowest BCUT2D eigenvalue weighted by Gasteiger charge is -2.12. The molecule has 2 nitrogen and oxygen atoms in total. The third-order valence-electron chi connectivity index (χ3n) is 2.77. The molecule has 0 amide bonds. The second kappa shape index (κ2) is 8.89. The molecule has 0 aliphatic rings. The van der Waals surface area contributed by atoms with E-state index in [0.717, 1.165) is 32.2 Å². The van der Waals surface area contributed by atoms with Crippen molar-refractivity contribution in [2.75, 3.05) is 6.54 Å². The fraction of sp³-hybridized carbons (Fsp3) is 0.571. The number of rotatable bonds is 8. The Hall–Kier alpha value is -0.130. The maximum absolute atomic E-state index is 9.69. The van der Waals surface area contributed by atoms with E-state index in [1.807, 2.05) is 0 Å². The molecule has 0 heterocycles. The summed E-state index contributed by atoms with van der Waals surface area (Å²) in [6, 6.07) is 8.59. The number of nitrogens with one attached hydrogen (secondary N) is 1. The van der Waals surface area contributed by atoms with Crippen molar-refractivity contribution in [2.45, 2.75) is 45.3 Å². The number of aliphatic hydroxyl groups excluding tert-OH is 1. The quantitative estimate of drug-likeness (QED) is 0.430. The highest BCUT2D eigenvalue weighted by Crippen LogP contribution is 2.10. The highest BCUT2D eigenvalue weighted by molar-refractivity contribution is 14.1. The summed E-state index contributed by atoms with van der Waals surface area (Å²) in [7, 11) is 0. The number of hydrogen-bond acceptors (Lipinski definition) is 2. The summed E-state index contributed by atoms with van der Waals surface area (Å²) in [4.78, 5) is 0. The maximum Gasteiger partial charge on any atom is 0.104 e.